The van der Waals surface area contributed by atoms with Crippen LogP contribution in [-0.2, 0) is 21.0 Å². The van der Waals surface area contributed by atoms with Crippen LogP contribution < -0.4 is 4.90 Å². The summed E-state index contributed by atoms with van der Waals surface area (Å²) in [7, 11) is -2.87. The van der Waals surface area contributed by atoms with Crippen molar-refractivity contribution in [1.82, 2.24) is 0 Å². The molecule has 27 heavy (non-hydrogen) atoms. The molecule has 2 atom stereocenters. The third kappa shape index (κ3) is 7.46. The van der Waals surface area contributed by atoms with Gasteiger partial charge in [-0.05, 0) is 64.7 Å². The number of aryl methyl sites for hydroxylation is 1. The van der Waals surface area contributed by atoms with Crippen molar-refractivity contribution in [1.29, 1.82) is 0 Å². The standard InChI is InChI=1S/C22H37NO3S/c1-18(2)27(24,25)14-9-7-5-6-8-11-21-12-10-13-22(15-21)23-16-19(3)26-20(4)17-23/h10,12-13,15,18-20H,5-9,11,14,16-17H2,1-4H3/t19-,20+. The van der Waals surface area contributed by atoms with E-state index in [-0.39, 0.29) is 17.5 Å². The van der Waals surface area contributed by atoms with Gasteiger partial charge in [-0.2, -0.15) is 0 Å². The summed E-state index contributed by atoms with van der Waals surface area (Å²) in [4.78, 5) is 2.43. The number of hydrogen-bond acceptors (Lipinski definition) is 4. The third-order valence-corrected chi connectivity index (χ3v) is 7.60. The maximum atomic E-state index is 11.8. The highest BCUT2D eigenvalue weighted by Gasteiger charge is 2.22. The average molecular weight is 396 g/mol. The number of rotatable bonds is 10. The zero-order chi connectivity index (χ0) is 19.9. The molecule has 5 heteroatoms. The summed E-state index contributed by atoms with van der Waals surface area (Å²) in [5.41, 5.74) is 2.69. The molecule has 0 spiro atoms. The highest BCUT2D eigenvalue weighted by atomic mass is 32.2. The number of ether oxygens (including phenoxy) is 1. The Bertz CT molecular complexity index is 662. The maximum Gasteiger partial charge on any atom is 0.152 e. The number of hydrogen-bond donors (Lipinski definition) is 0. The fourth-order valence-electron chi connectivity index (χ4n) is 3.70. The summed E-state index contributed by atoms with van der Waals surface area (Å²) in [6.07, 6.45) is 6.89. The van der Waals surface area contributed by atoms with E-state index in [1.165, 1.54) is 11.3 Å². The number of nitrogens with zero attached hydrogens (tertiary/aromatic N) is 1. The molecule has 154 valence electrons. The molecule has 4 nitrogen and oxygen atoms in total. The van der Waals surface area contributed by atoms with Gasteiger partial charge in [0.2, 0.25) is 0 Å². The van der Waals surface area contributed by atoms with Crippen LogP contribution in [0.3, 0.4) is 0 Å². The summed E-state index contributed by atoms with van der Waals surface area (Å²) in [5.74, 6) is 0.336. The van der Waals surface area contributed by atoms with Gasteiger partial charge in [0.25, 0.3) is 0 Å². The molecule has 0 aliphatic carbocycles. The minimum Gasteiger partial charge on any atom is -0.372 e. The molecule has 0 aromatic heterocycles. The Labute approximate surface area is 166 Å². The molecule has 1 aromatic rings. The van der Waals surface area contributed by atoms with Crippen LogP contribution in [0.15, 0.2) is 24.3 Å². The first-order chi connectivity index (χ1) is 12.8. The van der Waals surface area contributed by atoms with Gasteiger partial charge in [0.05, 0.1) is 23.2 Å². The molecule has 0 bridgehead atoms. The summed E-state index contributed by atoms with van der Waals surface area (Å²) in [6.45, 7) is 9.71. The Hall–Kier alpha value is -1.07. The van der Waals surface area contributed by atoms with E-state index in [1.807, 2.05) is 0 Å². The predicted octanol–water partition coefficient (Wildman–Crippen LogP) is 4.62. The van der Waals surface area contributed by atoms with Crippen molar-refractivity contribution in [2.24, 2.45) is 0 Å². The molecule has 1 aromatic carbocycles. The van der Waals surface area contributed by atoms with Crippen LogP contribution >= 0.6 is 0 Å². The van der Waals surface area contributed by atoms with Gasteiger partial charge in [-0.3, -0.25) is 0 Å². The number of morpholine rings is 1. The second kappa shape index (κ2) is 10.5. The van der Waals surface area contributed by atoms with E-state index in [2.05, 4.69) is 43.0 Å². The first-order valence-electron chi connectivity index (χ1n) is 10.5. The number of benzene rings is 1. The van der Waals surface area contributed by atoms with Gasteiger partial charge in [0.1, 0.15) is 0 Å². The zero-order valence-corrected chi connectivity index (χ0v) is 18.3. The summed E-state index contributed by atoms with van der Waals surface area (Å²) in [5, 5.41) is -0.248. The topological polar surface area (TPSA) is 46.6 Å². The minimum absolute atomic E-state index is 0.248. The highest BCUT2D eigenvalue weighted by molar-refractivity contribution is 7.91. The summed E-state index contributed by atoms with van der Waals surface area (Å²) < 4.78 is 29.4. The first kappa shape index (κ1) is 22.2. The molecule has 0 radical (unpaired) electrons. The Morgan fingerprint density at radius 2 is 1.67 bits per heavy atom. The Morgan fingerprint density at radius 3 is 2.33 bits per heavy atom. The third-order valence-electron chi connectivity index (χ3n) is 5.31. The Morgan fingerprint density at radius 1 is 1.04 bits per heavy atom. The second-order valence-corrected chi connectivity index (χ2v) is 10.9. The van der Waals surface area contributed by atoms with E-state index in [0.717, 1.165) is 51.6 Å². The van der Waals surface area contributed by atoms with Gasteiger partial charge >= 0.3 is 0 Å². The van der Waals surface area contributed by atoms with Gasteiger partial charge in [-0.15, -0.1) is 0 Å². The first-order valence-corrected chi connectivity index (χ1v) is 12.2. The number of anilines is 1. The van der Waals surface area contributed by atoms with Gasteiger partial charge < -0.3 is 9.64 Å². The minimum atomic E-state index is -2.87. The van der Waals surface area contributed by atoms with E-state index >= 15 is 0 Å². The monoisotopic (exact) mass is 395 g/mol. The molecule has 1 heterocycles. The van der Waals surface area contributed by atoms with Gasteiger partial charge in [0, 0.05) is 18.8 Å². The van der Waals surface area contributed by atoms with Crippen LogP contribution in [0.4, 0.5) is 5.69 Å². The highest BCUT2D eigenvalue weighted by Crippen LogP contribution is 2.22. The van der Waals surface area contributed by atoms with Crippen molar-refractivity contribution in [2.45, 2.75) is 83.7 Å². The van der Waals surface area contributed by atoms with Crippen molar-refractivity contribution in [3.8, 4) is 0 Å². The van der Waals surface area contributed by atoms with Gasteiger partial charge in [0.15, 0.2) is 9.84 Å². The molecule has 0 saturated carbocycles. The van der Waals surface area contributed by atoms with Crippen molar-refractivity contribution in [3.63, 3.8) is 0 Å². The van der Waals surface area contributed by atoms with Crippen molar-refractivity contribution in [2.75, 3.05) is 23.7 Å². The molecule has 1 saturated heterocycles. The van der Waals surface area contributed by atoms with E-state index in [9.17, 15) is 8.42 Å². The summed E-state index contributed by atoms with van der Waals surface area (Å²) >= 11 is 0. The zero-order valence-electron chi connectivity index (χ0n) is 17.5. The molecule has 0 N–H and O–H groups in total. The lowest BCUT2D eigenvalue weighted by Crippen LogP contribution is -2.45. The molecular weight excluding hydrogens is 358 g/mol. The lowest BCUT2D eigenvalue weighted by atomic mass is 10.0. The fourth-order valence-corrected chi connectivity index (χ4v) is 4.77. The van der Waals surface area contributed by atoms with Crippen LogP contribution in [0.25, 0.3) is 0 Å². The average Bonchev–Trinajstić information content (AvgIpc) is 2.60. The molecule has 1 aliphatic heterocycles. The van der Waals surface area contributed by atoms with E-state index in [1.54, 1.807) is 13.8 Å². The van der Waals surface area contributed by atoms with Crippen molar-refractivity contribution < 1.29 is 13.2 Å². The molecule has 0 amide bonds. The fraction of sp³-hybridized carbons (Fsp3) is 0.727. The predicted molar refractivity (Wildman–Crippen MR) is 114 cm³/mol. The number of sulfone groups is 1. The van der Waals surface area contributed by atoms with Gasteiger partial charge in [-0.25, -0.2) is 8.42 Å². The van der Waals surface area contributed by atoms with Crippen LogP contribution in [0.2, 0.25) is 0 Å². The normalized spacial score (nSPS) is 21.0. The van der Waals surface area contributed by atoms with Crippen LogP contribution in [0, 0.1) is 0 Å². The van der Waals surface area contributed by atoms with Crippen LogP contribution in [-0.4, -0.2) is 44.7 Å². The van der Waals surface area contributed by atoms with E-state index in [4.69, 9.17) is 4.74 Å². The van der Waals surface area contributed by atoms with E-state index < -0.39 is 9.84 Å². The Kier molecular flexibility index (Phi) is 8.62. The maximum absolute atomic E-state index is 11.8. The lowest BCUT2D eigenvalue weighted by molar-refractivity contribution is -0.00522. The lowest BCUT2D eigenvalue weighted by Gasteiger charge is -2.37. The summed E-state index contributed by atoms with van der Waals surface area (Å²) in [6, 6.07) is 8.89. The van der Waals surface area contributed by atoms with Crippen molar-refractivity contribution >= 4 is 15.5 Å². The van der Waals surface area contributed by atoms with Crippen molar-refractivity contribution in [3.05, 3.63) is 29.8 Å². The van der Waals surface area contributed by atoms with Crippen LogP contribution in [0.1, 0.15) is 65.4 Å². The molecule has 2 rings (SSSR count). The SMILES string of the molecule is CC(C)S(=O)(=O)CCCCCCCc1cccc(N2C[C@@H](C)O[C@@H](C)C2)c1. The molecule has 1 fully saturated rings. The molecular formula is C22H37NO3S. The quantitative estimate of drug-likeness (QED) is 0.543. The largest absolute Gasteiger partial charge is 0.372 e. The second-order valence-electron chi connectivity index (χ2n) is 8.27. The smallest absolute Gasteiger partial charge is 0.152 e. The number of unbranched alkanes of at least 4 members (excludes halogenated alkanes) is 4. The molecule has 1 aliphatic rings. The van der Waals surface area contributed by atoms with E-state index in [0.29, 0.717) is 5.75 Å². The molecule has 0 unspecified atom stereocenters. The van der Waals surface area contributed by atoms with Crippen LogP contribution in [0.5, 0.6) is 0 Å². The Balaban J connectivity index is 1.69. The van der Waals surface area contributed by atoms with Gasteiger partial charge in [-0.1, -0.05) is 31.4 Å².